The smallest absolute Gasteiger partial charge is 0.267 e. The molecule has 6 heteroatoms. The predicted molar refractivity (Wildman–Crippen MR) is 83.5 cm³/mol. The first kappa shape index (κ1) is 14.9. The van der Waals surface area contributed by atoms with Crippen molar-refractivity contribution in [1.82, 2.24) is 5.48 Å². The number of carbonyl (C=O) groups excluding carboxylic acids is 1. The summed E-state index contributed by atoms with van der Waals surface area (Å²) in [6.45, 7) is 0.209. The molecule has 0 aliphatic carbocycles. The molecule has 0 unspecified atom stereocenters. The largest absolute Gasteiger partial charge is 0.497 e. The molecule has 2 aromatic rings. The van der Waals surface area contributed by atoms with Gasteiger partial charge in [0.15, 0.2) is 11.5 Å². The minimum atomic E-state index is -0.600. The number of carbonyl (C=O) groups is 1. The second kappa shape index (κ2) is 6.41. The average Bonchev–Trinajstić information content (AvgIpc) is 3.07. The van der Waals surface area contributed by atoms with Crippen molar-refractivity contribution in [3.05, 3.63) is 48.0 Å². The summed E-state index contributed by atoms with van der Waals surface area (Å²) in [5.74, 6) is 1.47. The van der Waals surface area contributed by atoms with E-state index in [2.05, 4.69) is 0 Å². The van der Waals surface area contributed by atoms with E-state index in [-0.39, 0.29) is 6.79 Å². The molecule has 0 saturated heterocycles. The molecular formula is C17H15NO5. The molecule has 2 aromatic carbocycles. The minimum Gasteiger partial charge on any atom is -0.497 e. The summed E-state index contributed by atoms with van der Waals surface area (Å²) in [4.78, 5) is 11.2. The van der Waals surface area contributed by atoms with Crippen LogP contribution in [0, 0.1) is 0 Å². The number of methoxy groups -OCH3 is 1. The van der Waals surface area contributed by atoms with Crippen LogP contribution in [0.5, 0.6) is 17.2 Å². The maximum atomic E-state index is 11.2. The molecule has 6 nitrogen and oxygen atoms in total. The quantitative estimate of drug-likeness (QED) is 0.515. The Morgan fingerprint density at radius 3 is 2.83 bits per heavy atom. The fourth-order valence-electron chi connectivity index (χ4n) is 2.32. The number of hydrogen-bond donors (Lipinski definition) is 2. The number of rotatable bonds is 4. The SMILES string of the molecule is COc1ccc(/C=C/C(=O)NO)c(-c2ccc3c(c2)OCO3)c1. The van der Waals surface area contributed by atoms with Gasteiger partial charge >= 0.3 is 0 Å². The van der Waals surface area contributed by atoms with Gasteiger partial charge in [-0.15, -0.1) is 0 Å². The Kier molecular flexibility index (Phi) is 4.16. The Bertz CT molecular complexity index is 770. The zero-order valence-electron chi connectivity index (χ0n) is 12.4. The lowest BCUT2D eigenvalue weighted by molar-refractivity contribution is -0.124. The predicted octanol–water partition coefficient (Wildman–Crippen LogP) is 2.61. The van der Waals surface area contributed by atoms with E-state index in [1.165, 1.54) is 6.08 Å². The van der Waals surface area contributed by atoms with Crippen LogP contribution in [-0.4, -0.2) is 25.0 Å². The van der Waals surface area contributed by atoms with Crippen LogP contribution in [-0.2, 0) is 4.79 Å². The van der Waals surface area contributed by atoms with Gasteiger partial charge in [0.2, 0.25) is 6.79 Å². The van der Waals surface area contributed by atoms with Gasteiger partial charge in [0.05, 0.1) is 7.11 Å². The molecule has 23 heavy (non-hydrogen) atoms. The summed E-state index contributed by atoms with van der Waals surface area (Å²) in [6, 6.07) is 11.1. The lowest BCUT2D eigenvalue weighted by Gasteiger charge is -2.10. The summed E-state index contributed by atoms with van der Waals surface area (Å²) in [5, 5.41) is 8.59. The van der Waals surface area contributed by atoms with Crippen LogP contribution < -0.4 is 19.7 Å². The first-order valence-corrected chi connectivity index (χ1v) is 6.91. The van der Waals surface area contributed by atoms with E-state index in [1.807, 2.05) is 30.3 Å². The molecule has 0 saturated carbocycles. The topological polar surface area (TPSA) is 77.0 Å². The van der Waals surface area contributed by atoms with E-state index in [1.54, 1.807) is 24.7 Å². The van der Waals surface area contributed by atoms with Gasteiger partial charge in [-0.05, 0) is 47.0 Å². The third-order valence-corrected chi connectivity index (χ3v) is 3.47. The standard InChI is InChI=1S/C17H15NO5/c1-21-13-5-2-11(4-7-17(19)18-20)14(9-13)12-3-6-15-16(8-12)23-10-22-15/h2-9,20H,10H2,1H3,(H,18,19)/b7-4+. The lowest BCUT2D eigenvalue weighted by Crippen LogP contribution is -2.14. The number of ether oxygens (including phenoxy) is 3. The maximum absolute atomic E-state index is 11.2. The first-order valence-electron chi connectivity index (χ1n) is 6.91. The van der Waals surface area contributed by atoms with Crippen LogP contribution in [0.15, 0.2) is 42.5 Å². The van der Waals surface area contributed by atoms with E-state index in [0.29, 0.717) is 17.2 Å². The monoisotopic (exact) mass is 313 g/mol. The van der Waals surface area contributed by atoms with Crippen molar-refractivity contribution in [2.75, 3.05) is 13.9 Å². The second-order valence-corrected chi connectivity index (χ2v) is 4.83. The molecule has 118 valence electrons. The molecule has 0 atom stereocenters. The Labute approximate surface area is 132 Å². The highest BCUT2D eigenvalue weighted by Gasteiger charge is 2.15. The first-order chi connectivity index (χ1) is 11.2. The summed E-state index contributed by atoms with van der Waals surface area (Å²) in [7, 11) is 1.59. The van der Waals surface area contributed by atoms with Crippen molar-refractivity contribution in [1.29, 1.82) is 0 Å². The summed E-state index contributed by atoms with van der Waals surface area (Å²) < 4.78 is 16.0. The molecule has 3 rings (SSSR count). The third-order valence-electron chi connectivity index (χ3n) is 3.47. The molecule has 0 spiro atoms. The number of amides is 1. The van der Waals surface area contributed by atoms with Crippen LogP contribution in [0.4, 0.5) is 0 Å². The Hall–Kier alpha value is -2.99. The number of hydroxylamine groups is 1. The van der Waals surface area contributed by atoms with Crippen molar-refractivity contribution in [3.63, 3.8) is 0 Å². The van der Waals surface area contributed by atoms with E-state index in [4.69, 9.17) is 19.4 Å². The van der Waals surface area contributed by atoms with Crippen LogP contribution in [0.1, 0.15) is 5.56 Å². The average molecular weight is 313 g/mol. The van der Waals surface area contributed by atoms with E-state index >= 15 is 0 Å². The summed E-state index contributed by atoms with van der Waals surface area (Å²) in [6.07, 6.45) is 2.86. The van der Waals surface area contributed by atoms with Gasteiger partial charge in [0.25, 0.3) is 5.91 Å². The van der Waals surface area contributed by atoms with Gasteiger partial charge in [-0.2, -0.15) is 0 Å². The summed E-state index contributed by atoms with van der Waals surface area (Å²) in [5.41, 5.74) is 4.13. The fourth-order valence-corrected chi connectivity index (χ4v) is 2.32. The van der Waals surface area contributed by atoms with Crippen LogP contribution in [0.2, 0.25) is 0 Å². The Morgan fingerprint density at radius 1 is 1.22 bits per heavy atom. The van der Waals surface area contributed by atoms with Crippen molar-refractivity contribution < 1.29 is 24.2 Å². The zero-order valence-corrected chi connectivity index (χ0v) is 12.4. The Balaban J connectivity index is 2.05. The minimum absolute atomic E-state index is 0.209. The maximum Gasteiger partial charge on any atom is 0.267 e. The third kappa shape index (κ3) is 3.12. The lowest BCUT2D eigenvalue weighted by atomic mass is 9.98. The molecule has 1 heterocycles. The van der Waals surface area contributed by atoms with E-state index in [0.717, 1.165) is 16.7 Å². The Morgan fingerprint density at radius 2 is 2.04 bits per heavy atom. The van der Waals surface area contributed by atoms with Crippen molar-refractivity contribution >= 4 is 12.0 Å². The number of benzene rings is 2. The highest BCUT2D eigenvalue weighted by Crippen LogP contribution is 2.38. The number of nitrogens with one attached hydrogen (secondary N) is 1. The normalized spacial score (nSPS) is 12.4. The zero-order chi connectivity index (χ0) is 16.2. The van der Waals surface area contributed by atoms with Crippen molar-refractivity contribution in [2.45, 2.75) is 0 Å². The fraction of sp³-hybridized carbons (Fsp3) is 0.118. The molecule has 1 amide bonds. The highest BCUT2D eigenvalue weighted by molar-refractivity contribution is 5.92. The van der Waals surface area contributed by atoms with Crippen molar-refractivity contribution in [2.24, 2.45) is 0 Å². The summed E-state index contributed by atoms with van der Waals surface area (Å²) >= 11 is 0. The molecule has 0 bridgehead atoms. The molecule has 1 aliphatic rings. The molecule has 0 fully saturated rings. The molecule has 0 radical (unpaired) electrons. The second-order valence-electron chi connectivity index (χ2n) is 4.83. The van der Waals surface area contributed by atoms with Gasteiger partial charge in [-0.1, -0.05) is 12.1 Å². The van der Waals surface area contributed by atoms with E-state index < -0.39 is 5.91 Å². The molecule has 0 aromatic heterocycles. The van der Waals surface area contributed by atoms with Crippen LogP contribution >= 0.6 is 0 Å². The number of fused-ring (bicyclic) bond motifs is 1. The highest BCUT2D eigenvalue weighted by atomic mass is 16.7. The van der Waals surface area contributed by atoms with Gasteiger partial charge in [0, 0.05) is 6.08 Å². The van der Waals surface area contributed by atoms with Crippen molar-refractivity contribution in [3.8, 4) is 28.4 Å². The molecule has 1 aliphatic heterocycles. The van der Waals surface area contributed by atoms with Gasteiger partial charge < -0.3 is 14.2 Å². The molecule has 2 N–H and O–H groups in total. The molecular weight excluding hydrogens is 298 g/mol. The van der Waals surface area contributed by atoms with Gasteiger partial charge in [-0.25, -0.2) is 5.48 Å². The number of hydrogen-bond acceptors (Lipinski definition) is 5. The van der Waals surface area contributed by atoms with E-state index in [9.17, 15) is 4.79 Å². The van der Waals surface area contributed by atoms with Gasteiger partial charge in [0.1, 0.15) is 5.75 Å². The van der Waals surface area contributed by atoms with Gasteiger partial charge in [-0.3, -0.25) is 10.0 Å². The van der Waals surface area contributed by atoms with Crippen LogP contribution in [0.25, 0.3) is 17.2 Å². The van der Waals surface area contributed by atoms with Crippen LogP contribution in [0.3, 0.4) is 0 Å².